The summed E-state index contributed by atoms with van der Waals surface area (Å²) in [5.41, 5.74) is 8.26. The fourth-order valence-corrected chi connectivity index (χ4v) is 3.94. The molecule has 3 aromatic rings. The highest BCUT2D eigenvalue weighted by Gasteiger charge is 2.22. The van der Waals surface area contributed by atoms with Gasteiger partial charge in [0, 0.05) is 12.1 Å². The molecular weight excluding hydrogens is 336 g/mol. The molecule has 0 unspecified atom stereocenters. The molecule has 1 saturated carbocycles. The van der Waals surface area contributed by atoms with Crippen molar-refractivity contribution in [3.05, 3.63) is 24.1 Å². The average Bonchev–Trinajstić information content (AvgIpc) is 3.24. The molecule has 0 bridgehead atoms. The lowest BCUT2D eigenvalue weighted by Crippen LogP contribution is -2.29. The van der Waals surface area contributed by atoms with Gasteiger partial charge in [0.2, 0.25) is 5.95 Å². The zero-order valence-corrected chi connectivity index (χ0v) is 15.0. The van der Waals surface area contributed by atoms with Crippen molar-refractivity contribution in [1.29, 1.82) is 0 Å². The van der Waals surface area contributed by atoms with Gasteiger partial charge < -0.3 is 20.8 Å². The first kappa shape index (κ1) is 16.3. The second-order valence-electron chi connectivity index (χ2n) is 6.59. The molecule has 1 aliphatic carbocycles. The van der Waals surface area contributed by atoms with Gasteiger partial charge >= 0.3 is 0 Å². The van der Waals surface area contributed by atoms with Crippen LogP contribution in [0, 0.1) is 12.8 Å². The Bertz CT molecular complexity index is 852. The van der Waals surface area contributed by atoms with Crippen LogP contribution in [-0.4, -0.2) is 26.9 Å². The van der Waals surface area contributed by atoms with Gasteiger partial charge in [-0.05, 0) is 62.7 Å². The molecule has 0 saturated heterocycles. The summed E-state index contributed by atoms with van der Waals surface area (Å²) < 4.78 is 9.87. The van der Waals surface area contributed by atoms with E-state index in [0.29, 0.717) is 23.5 Å². The molecule has 0 aromatic carbocycles. The van der Waals surface area contributed by atoms with Crippen molar-refractivity contribution < 1.29 is 4.42 Å². The molecule has 1 aliphatic rings. The Labute approximate surface area is 150 Å². The van der Waals surface area contributed by atoms with E-state index in [1.165, 1.54) is 11.5 Å². The first-order valence-electron chi connectivity index (χ1n) is 8.63. The Hall–Kier alpha value is -2.19. The van der Waals surface area contributed by atoms with E-state index < -0.39 is 0 Å². The normalized spacial score (nSPS) is 20.7. The van der Waals surface area contributed by atoms with Crippen LogP contribution in [0.4, 0.5) is 16.8 Å². The summed E-state index contributed by atoms with van der Waals surface area (Å²) in [7, 11) is 0. The third kappa shape index (κ3) is 3.59. The number of hydrogen-bond acceptors (Lipinski definition) is 8. The minimum absolute atomic E-state index is 0.393. The standard InChI is InChI=1S/C17H22N6OS/c1-10-8-14(25-23-10)21-17-20-13-6-7-24-15(13)16(22-17)19-12-4-2-11(9-18)3-5-12/h6-8,11-12H,2-5,9,18H2,1H3,(H2,19,20,21,22). The predicted octanol–water partition coefficient (Wildman–Crippen LogP) is 3.66. The van der Waals surface area contributed by atoms with E-state index in [1.807, 2.05) is 19.1 Å². The van der Waals surface area contributed by atoms with E-state index in [1.54, 1.807) is 6.26 Å². The van der Waals surface area contributed by atoms with Crippen LogP contribution >= 0.6 is 11.5 Å². The Morgan fingerprint density at radius 2 is 2.12 bits per heavy atom. The molecule has 4 N–H and O–H groups in total. The van der Waals surface area contributed by atoms with Crippen LogP contribution in [0.15, 0.2) is 22.8 Å². The quantitative estimate of drug-likeness (QED) is 0.639. The van der Waals surface area contributed by atoms with E-state index in [0.717, 1.165) is 54.3 Å². The molecule has 3 heterocycles. The van der Waals surface area contributed by atoms with Crippen LogP contribution < -0.4 is 16.4 Å². The van der Waals surface area contributed by atoms with Crippen molar-refractivity contribution in [2.75, 3.05) is 17.2 Å². The van der Waals surface area contributed by atoms with Gasteiger partial charge in [0.25, 0.3) is 0 Å². The van der Waals surface area contributed by atoms with Gasteiger partial charge in [-0.25, -0.2) is 4.98 Å². The van der Waals surface area contributed by atoms with Crippen LogP contribution in [0.2, 0.25) is 0 Å². The van der Waals surface area contributed by atoms with Gasteiger partial charge in [-0.15, -0.1) is 0 Å². The lowest BCUT2D eigenvalue weighted by molar-refractivity contribution is 0.344. The van der Waals surface area contributed by atoms with Crippen LogP contribution in [-0.2, 0) is 0 Å². The molecule has 25 heavy (non-hydrogen) atoms. The molecular formula is C17H22N6OS. The van der Waals surface area contributed by atoms with Gasteiger partial charge in [0.1, 0.15) is 10.5 Å². The number of aromatic nitrogens is 3. The second kappa shape index (κ2) is 6.97. The molecule has 4 rings (SSSR count). The Kier molecular flexibility index (Phi) is 4.54. The molecule has 132 valence electrons. The summed E-state index contributed by atoms with van der Waals surface area (Å²) in [6, 6.07) is 4.23. The minimum Gasteiger partial charge on any atom is -0.459 e. The highest BCUT2D eigenvalue weighted by atomic mass is 32.1. The highest BCUT2D eigenvalue weighted by molar-refractivity contribution is 7.10. The number of nitrogens with two attached hydrogens (primary N) is 1. The molecule has 0 spiro atoms. The van der Waals surface area contributed by atoms with Gasteiger partial charge in [0.05, 0.1) is 12.0 Å². The molecule has 3 aromatic heterocycles. The molecule has 0 radical (unpaired) electrons. The molecule has 7 nitrogen and oxygen atoms in total. The molecule has 0 aliphatic heterocycles. The van der Waals surface area contributed by atoms with Crippen LogP contribution in [0.3, 0.4) is 0 Å². The number of rotatable bonds is 5. The number of nitrogens with one attached hydrogen (secondary N) is 2. The van der Waals surface area contributed by atoms with E-state index in [-0.39, 0.29) is 0 Å². The predicted molar refractivity (Wildman–Crippen MR) is 100 cm³/mol. The number of hydrogen-bond donors (Lipinski definition) is 3. The van der Waals surface area contributed by atoms with E-state index >= 15 is 0 Å². The second-order valence-corrected chi connectivity index (χ2v) is 7.39. The first-order valence-corrected chi connectivity index (χ1v) is 9.41. The molecule has 8 heteroatoms. The smallest absolute Gasteiger partial charge is 0.230 e. The van der Waals surface area contributed by atoms with E-state index in [2.05, 4.69) is 25.0 Å². The SMILES string of the molecule is Cc1cc(Nc2nc(NC3CCC(CN)CC3)c3occc3n2)sn1. The molecule has 1 fully saturated rings. The van der Waals surface area contributed by atoms with Crippen LogP contribution in [0.1, 0.15) is 31.4 Å². The van der Waals surface area contributed by atoms with Crippen molar-refractivity contribution in [1.82, 2.24) is 14.3 Å². The monoisotopic (exact) mass is 358 g/mol. The van der Waals surface area contributed by atoms with E-state index in [9.17, 15) is 0 Å². The maximum Gasteiger partial charge on any atom is 0.230 e. The summed E-state index contributed by atoms with van der Waals surface area (Å²) in [4.78, 5) is 9.16. The highest BCUT2D eigenvalue weighted by Crippen LogP contribution is 2.30. The van der Waals surface area contributed by atoms with Gasteiger partial charge in [0.15, 0.2) is 11.4 Å². The largest absolute Gasteiger partial charge is 0.459 e. The topological polar surface area (TPSA) is 102 Å². The average molecular weight is 358 g/mol. The van der Waals surface area contributed by atoms with Crippen LogP contribution in [0.5, 0.6) is 0 Å². The number of anilines is 3. The fraction of sp³-hybridized carbons (Fsp3) is 0.471. The van der Waals surface area contributed by atoms with Crippen molar-refractivity contribution in [3.63, 3.8) is 0 Å². The van der Waals surface area contributed by atoms with Gasteiger partial charge in [-0.2, -0.15) is 9.36 Å². The lowest BCUT2D eigenvalue weighted by atomic mass is 9.86. The Morgan fingerprint density at radius 3 is 2.84 bits per heavy atom. The van der Waals surface area contributed by atoms with Crippen molar-refractivity contribution in [2.24, 2.45) is 11.7 Å². The van der Waals surface area contributed by atoms with E-state index in [4.69, 9.17) is 10.2 Å². The number of furan rings is 1. The third-order valence-electron chi connectivity index (χ3n) is 4.69. The van der Waals surface area contributed by atoms with Gasteiger partial charge in [-0.3, -0.25) is 0 Å². The number of fused-ring (bicyclic) bond motifs is 1. The number of aryl methyl sites for hydroxylation is 1. The zero-order chi connectivity index (χ0) is 17.2. The maximum atomic E-state index is 5.79. The summed E-state index contributed by atoms with van der Waals surface area (Å²) in [5, 5.41) is 7.71. The van der Waals surface area contributed by atoms with Crippen LogP contribution in [0.25, 0.3) is 11.1 Å². The minimum atomic E-state index is 0.393. The zero-order valence-electron chi connectivity index (χ0n) is 14.2. The Balaban J connectivity index is 1.56. The maximum absolute atomic E-state index is 5.79. The molecule has 0 atom stereocenters. The van der Waals surface area contributed by atoms with Crippen molar-refractivity contribution >= 4 is 39.4 Å². The lowest BCUT2D eigenvalue weighted by Gasteiger charge is -2.28. The Morgan fingerprint density at radius 1 is 1.28 bits per heavy atom. The molecule has 0 amide bonds. The van der Waals surface area contributed by atoms with Crippen molar-refractivity contribution in [3.8, 4) is 0 Å². The fourth-order valence-electron chi connectivity index (χ4n) is 3.29. The van der Waals surface area contributed by atoms with Crippen molar-refractivity contribution in [2.45, 2.75) is 38.6 Å². The third-order valence-corrected chi connectivity index (χ3v) is 5.48. The van der Waals surface area contributed by atoms with Gasteiger partial charge in [-0.1, -0.05) is 0 Å². The first-order chi connectivity index (χ1) is 12.2. The summed E-state index contributed by atoms with van der Waals surface area (Å²) >= 11 is 1.40. The number of nitrogens with zero attached hydrogens (tertiary/aromatic N) is 3. The summed E-state index contributed by atoms with van der Waals surface area (Å²) in [5.74, 6) is 1.95. The summed E-state index contributed by atoms with van der Waals surface area (Å²) in [6.07, 6.45) is 6.17. The summed E-state index contributed by atoms with van der Waals surface area (Å²) in [6.45, 7) is 2.75.